The van der Waals surface area contributed by atoms with E-state index in [4.69, 9.17) is 4.74 Å². The van der Waals surface area contributed by atoms with Gasteiger partial charge in [0, 0.05) is 45.3 Å². The van der Waals surface area contributed by atoms with Crippen LogP contribution in [0.2, 0.25) is 0 Å². The fraction of sp³-hybridized carbons (Fsp3) is 0.556. The van der Waals surface area contributed by atoms with Crippen LogP contribution in [-0.2, 0) is 19.4 Å². The van der Waals surface area contributed by atoms with Gasteiger partial charge < -0.3 is 15.0 Å². The van der Waals surface area contributed by atoms with Crippen molar-refractivity contribution in [3.63, 3.8) is 0 Å². The van der Waals surface area contributed by atoms with E-state index < -0.39 is 15.4 Å². The van der Waals surface area contributed by atoms with Gasteiger partial charge in [-0.15, -0.1) is 0 Å². The molecule has 0 aromatic carbocycles. The number of nitrogens with zero attached hydrogens (tertiary/aromatic N) is 4. The highest BCUT2D eigenvalue weighted by Gasteiger charge is 2.44. The van der Waals surface area contributed by atoms with Gasteiger partial charge in [-0.25, -0.2) is 17.9 Å². The fourth-order valence-corrected chi connectivity index (χ4v) is 5.63. The van der Waals surface area contributed by atoms with Gasteiger partial charge in [0.15, 0.2) is 21.2 Å². The quantitative estimate of drug-likeness (QED) is 0.716. The number of sulfone groups is 1. The smallest absolute Gasteiger partial charge is 0.274 e. The molecule has 0 radical (unpaired) electrons. The van der Waals surface area contributed by atoms with Gasteiger partial charge in [0.1, 0.15) is 5.60 Å². The number of imidazole rings is 1. The van der Waals surface area contributed by atoms with Crippen molar-refractivity contribution in [2.75, 3.05) is 31.7 Å². The zero-order valence-corrected chi connectivity index (χ0v) is 16.9. The second kappa shape index (κ2) is 7.38. The van der Waals surface area contributed by atoms with Crippen LogP contribution >= 0.6 is 0 Å². The van der Waals surface area contributed by atoms with Crippen LogP contribution < -0.4 is 5.32 Å². The number of amides is 2. The third-order valence-electron chi connectivity index (χ3n) is 5.73. The molecule has 2 aliphatic rings. The zero-order chi connectivity index (χ0) is 20.6. The van der Waals surface area contributed by atoms with Gasteiger partial charge in [0.25, 0.3) is 11.8 Å². The van der Waals surface area contributed by atoms with Crippen molar-refractivity contribution in [1.29, 1.82) is 0 Å². The van der Waals surface area contributed by atoms with Crippen LogP contribution in [0.15, 0.2) is 24.5 Å². The number of hydrogen-bond acceptors (Lipinski definition) is 7. The van der Waals surface area contributed by atoms with Gasteiger partial charge in [0.2, 0.25) is 0 Å². The Bertz CT molecular complexity index is 1040. The van der Waals surface area contributed by atoms with Crippen molar-refractivity contribution in [3.05, 3.63) is 30.2 Å². The minimum atomic E-state index is -3.08. The number of methoxy groups -OCH3 is 1. The Morgan fingerprint density at radius 2 is 2.07 bits per heavy atom. The molecule has 0 aliphatic carbocycles. The molecule has 1 unspecified atom stereocenters. The predicted molar refractivity (Wildman–Crippen MR) is 103 cm³/mol. The summed E-state index contributed by atoms with van der Waals surface area (Å²) in [6.45, 7) is 0.673. The highest BCUT2D eigenvalue weighted by atomic mass is 32.2. The molecule has 1 atom stereocenters. The molecule has 2 aliphatic heterocycles. The molecule has 11 heteroatoms. The summed E-state index contributed by atoms with van der Waals surface area (Å²) >= 11 is 0. The number of rotatable bonds is 4. The van der Waals surface area contributed by atoms with Crippen LogP contribution in [0.5, 0.6) is 0 Å². The van der Waals surface area contributed by atoms with Crippen LogP contribution in [0.3, 0.4) is 0 Å². The summed E-state index contributed by atoms with van der Waals surface area (Å²) in [7, 11) is -1.61. The normalized spacial score (nSPS) is 23.2. The minimum Gasteiger partial charge on any atom is -0.368 e. The summed E-state index contributed by atoms with van der Waals surface area (Å²) in [6, 6.07) is 3.13. The molecule has 2 fully saturated rings. The van der Waals surface area contributed by atoms with Crippen LogP contribution in [0.4, 0.5) is 0 Å². The number of piperidine rings is 1. The van der Waals surface area contributed by atoms with Crippen molar-refractivity contribution in [1.82, 2.24) is 24.8 Å². The first kappa shape index (κ1) is 19.8. The highest BCUT2D eigenvalue weighted by Crippen LogP contribution is 2.28. The van der Waals surface area contributed by atoms with E-state index in [1.54, 1.807) is 23.2 Å². The van der Waals surface area contributed by atoms with Crippen molar-refractivity contribution < 1.29 is 22.7 Å². The Balaban J connectivity index is 1.42. The number of hydrogen-bond donors (Lipinski definition) is 1. The maximum absolute atomic E-state index is 12.9. The average Bonchev–Trinajstić information content (AvgIpc) is 3.30. The summed E-state index contributed by atoms with van der Waals surface area (Å²) in [4.78, 5) is 31.6. The Labute approximate surface area is 168 Å². The van der Waals surface area contributed by atoms with E-state index in [9.17, 15) is 18.0 Å². The van der Waals surface area contributed by atoms with E-state index >= 15 is 0 Å². The largest absolute Gasteiger partial charge is 0.368 e. The molecule has 2 saturated heterocycles. The molecule has 0 bridgehead atoms. The topological polar surface area (TPSA) is 123 Å². The second-order valence-electron chi connectivity index (χ2n) is 7.50. The number of likely N-dealkylation sites (tertiary alicyclic amines) is 1. The van der Waals surface area contributed by atoms with Crippen LogP contribution in [0.25, 0.3) is 5.65 Å². The second-order valence-corrected chi connectivity index (χ2v) is 9.73. The van der Waals surface area contributed by atoms with Gasteiger partial charge in [-0.05, 0) is 18.6 Å². The summed E-state index contributed by atoms with van der Waals surface area (Å²) in [5.74, 6) is -0.466. The molecule has 4 heterocycles. The molecule has 156 valence electrons. The molecule has 10 nitrogen and oxygen atoms in total. The Hall–Kier alpha value is -2.53. The van der Waals surface area contributed by atoms with Crippen molar-refractivity contribution in [2.45, 2.75) is 30.9 Å². The Kier molecular flexibility index (Phi) is 5.03. The first-order chi connectivity index (χ1) is 13.8. The average molecular weight is 421 g/mol. The third-order valence-corrected chi connectivity index (χ3v) is 7.50. The molecule has 0 spiro atoms. The van der Waals surface area contributed by atoms with E-state index in [0.717, 1.165) is 0 Å². The van der Waals surface area contributed by atoms with E-state index in [-0.39, 0.29) is 29.4 Å². The van der Waals surface area contributed by atoms with E-state index in [1.165, 1.54) is 17.8 Å². The lowest BCUT2D eigenvalue weighted by Gasteiger charge is -2.39. The first-order valence-electron chi connectivity index (χ1n) is 9.48. The van der Waals surface area contributed by atoms with Crippen molar-refractivity contribution >= 4 is 27.3 Å². The molecule has 4 rings (SSSR count). The van der Waals surface area contributed by atoms with Crippen molar-refractivity contribution in [2.24, 2.45) is 0 Å². The van der Waals surface area contributed by atoms with Gasteiger partial charge in [0.05, 0.1) is 17.7 Å². The maximum atomic E-state index is 12.9. The molecule has 2 aromatic rings. The van der Waals surface area contributed by atoms with Crippen LogP contribution in [0.1, 0.15) is 29.8 Å². The molecule has 1 N–H and O–H groups in total. The maximum Gasteiger partial charge on any atom is 0.274 e. The minimum absolute atomic E-state index is 0.0373. The lowest BCUT2D eigenvalue weighted by atomic mass is 9.89. The molecule has 29 heavy (non-hydrogen) atoms. The SMILES string of the molecule is COC1(C(=O)NC2CCS(=O)(=O)C2)CCN(C(=O)c2cnc3cccnn23)CC1. The number of carbonyl (C=O) groups is 2. The lowest BCUT2D eigenvalue weighted by molar-refractivity contribution is -0.149. The van der Waals surface area contributed by atoms with Crippen LogP contribution in [-0.4, -0.2) is 83.1 Å². The zero-order valence-electron chi connectivity index (χ0n) is 16.1. The summed E-state index contributed by atoms with van der Waals surface area (Å²) in [5, 5.41) is 6.99. The standard InChI is InChI=1S/C18H23N5O5S/c1-28-18(17(25)21-13-4-10-29(26,27)12-13)5-8-22(9-6-18)16(24)14-11-19-15-3-2-7-20-23(14)15/h2-3,7,11,13H,4-6,8-10,12H2,1H3,(H,21,25). The van der Waals surface area contributed by atoms with Gasteiger partial charge in [-0.3, -0.25) is 9.59 Å². The lowest BCUT2D eigenvalue weighted by Crippen LogP contribution is -2.57. The number of aromatic nitrogens is 3. The molecule has 2 amide bonds. The molecule has 2 aromatic heterocycles. The van der Waals surface area contributed by atoms with Gasteiger partial charge >= 0.3 is 0 Å². The highest BCUT2D eigenvalue weighted by molar-refractivity contribution is 7.91. The van der Waals surface area contributed by atoms with E-state index in [0.29, 0.717) is 43.7 Å². The summed E-state index contributed by atoms with van der Waals surface area (Å²) in [6.07, 6.45) is 4.15. The summed E-state index contributed by atoms with van der Waals surface area (Å²) < 4.78 is 30.3. The number of carbonyl (C=O) groups excluding carboxylic acids is 2. The Morgan fingerprint density at radius 3 is 2.72 bits per heavy atom. The number of nitrogens with one attached hydrogen (secondary N) is 1. The number of ether oxygens (including phenoxy) is 1. The van der Waals surface area contributed by atoms with E-state index in [1.807, 2.05) is 0 Å². The predicted octanol–water partition coefficient (Wildman–Crippen LogP) is -0.346. The molecule has 0 saturated carbocycles. The fourth-order valence-electron chi connectivity index (χ4n) is 3.96. The van der Waals surface area contributed by atoms with E-state index in [2.05, 4.69) is 15.4 Å². The van der Waals surface area contributed by atoms with Gasteiger partial charge in [-0.1, -0.05) is 0 Å². The van der Waals surface area contributed by atoms with Crippen LogP contribution in [0, 0.1) is 0 Å². The first-order valence-corrected chi connectivity index (χ1v) is 11.3. The van der Waals surface area contributed by atoms with Crippen molar-refractivity contribution in [3.8, 4) is 0 Å². The Morgan fingerprint density at radius 1 is 1.31 bits per heavy atom. The molecular weight excluding hydrogens is 398 g/mol. The number of fused-ring (bicyclic) bond motifs is 1. The monoisotopic (exact) mass is 421 g/mol. The third kappa shape index (κ3) is 3.71. The molecular formula is C18H23N5O5S. The summed E-state index contributed by atoms with van der Waals surface area (Å²) in [5.41, 5.74) is -0.114. The van der Waals surface area contributed by atoms with Gasteiger partial charge in [-0.2, -0.15) is 5.10 Å².